The Hall–Kier alpha value is -2.44. The number of nitrogens with one attached hydrogen (secondary N) is 2. The van der Waals surface area contributed by atoms with Gasteiger partial charge in [0.25, 0.3) is 0 Å². The molecule has 0 unspecified atom stereocenters. The Kier molecular flexibility index (Phi) is 9.33. The molecule has 0 radical (unpaired) electrons. The lowest BCUT2D eigenvalue weighted by molar-refractivity contribution is -0.142. The average molecular weight is 366 g/mol. The largest absolute Gasteiger partial charge is 0.480 e. The van der Waals surface area contributed by atoms with Crippen LogP contribution in [0.2, 0.25) is 0 Å². The van der Waals surface area contributed by atoms with Crippen molar-refractivity contribution in [2.75, 3.05) is 0 Å². The molecule has 0 fully saturated rings. The molecular weight excluding hydrogens is 339 g/mol. The monoisotopic (exact) mass is 366 g/mol. The number of unbranched alkanes of at least 4 members (excludes halogenated alkanes) is 3. The number of aliphatic carboxylic acids is 1. The van der Waals surface area contributed by atoms with E-state index in [0.717, 1.165) is 19.3 Å². The van der Waals surface area contributed by atoms with Gasteiger partial charge in [-0.1, -0.05) is 50.8 Å². The second-order valence-corrected chi connectivity index (χ2v) is 6.30. The minimum absolute atomic E-state index is 0.0553. The second kappa shape index (κ2) is 11.2. The van der Waals surface area contributed by atoms with E-state index in [-0.39, 0.29) is 12.0 Å². The van der Waals surface area contributed by atoms with Gasteiger partial charge in [0, 0.05) is 13.3 Å². The molecule has 1 rings (SSSR count). The molecule has 2 atom stereocenters. The van der Waals surface area contributed by atoms with E-state index in [9.17, 15) is 23.9 Å². The number of carbonyl (C=O) groups is 3. The van der Waals surface area contributed by atoms with Crippen LogP contribution in [-0.2, 0) is 20.8 Å². The smallest absolute Gasteiger partial charge is 0.326 e. The number of carboxylic acid groups (broad SMARTS) is 1. The van der Waals surface area contributed by atoms with E-state index >= 15 is 0 Å². The minimum atomic E-state index is -1.12. The summed E-state index contributed by atoms with van der Waals surface area (Å²) in [5.41, 5.74) is 0.274. The number of benzene rings is 1. The Morgan fingerprint density at radius 1 is 1.08 bits per heavy atom. The maximum Gasteiger partial charge on any atom is 0.326 e. The van der Waals surface area contributed by atoms with E-state index in [2.05, 4.69) is 17.6 Å². The fourth-order valence-corrected chi connectivity index (χ4v) is 2.64. The molecule has 144 valence electrons. The Labute approximate surface area is 153 Å². The normalized spacial score (nSPS) is 12.9. The first-order valence-electron chi connectivity index (χ1n) is 8.88. The number of carboxylic acids is 1. The average Bonchev–Trinajstić information content (AvgIpc) is 2.58. The zero-order valence-electron chi connectivity index (χ0n) is 15.3. The van der Waals surface area contributed by atoms with Crippen molar-refractivity contribution >= 4 is 17.8 Å². The molecule has 2 amide bonds. The van der Waals surface area contributed by atoms with Gasteiger partial charge in [-0.25, -0.2) is 9.18 Å². The van der Waals surface area contributed by atoms with Crippen LogP contribution < -0.4 is 10.6 Å². The third-order valence-corrected chi connectivity index (χ3v) is 4.04. The number of amides is 2. The van der Waals surface area contributed by atoms with Crippen LogP contribution in [0.4, 0.5) is 4.39 Å². The van der Waals surface area contributed by atoms with Crippen LogP contribution in [0, 0.1) is 5.82 Å². The van der Waals surface area contributed by atoms with E-state index in [1.54, 1.807) is 6.07 Å². The van der Waals surface area contributed by atoms with Gasteiger partial charge in [-0.3, -0.25) is 9.59 Å². The third-order valence-electron chi connectivity index (χ3n) is 4.04. The van der Waals surface area contributed by atoms with Gasteiger partial charge in [0.1, 0.15) is 17.9 Å². The van der Waals surface area contributed by atoms with Crippen molar-refractivity contribution in [3.05, 3.63) is 35.6 Å². The van der Waals surface area contributed by atoms with Crippen molar-refractivity contribution in [2.24, 2.45) is 0 Å². The van der Waals surface area contributed by atoms with Crippen LogP contribution in [0.3, 0.4) is 0 Å². The SMILES string of the molecule is CCCCCC[C@H](NC(=O)[C@@H](Cc1ccccc1F)NC(C)=O)C(=O)O. The van der Waals surface area contributed by atoms with Gasteiger partial charge in [-0.15, -0.1) is 0 Å². The van der Waals surface area contributed by atoms with Crippen molar-refractivity contribution in [1.82, 2.24) is 10.6 Å². The van der Waals surface area contributed by atoms with E-state index in [1.807, 2.05) is 0 Å². The highest BCUT2D eigenvalue weighted by atomic mass is 19.1. The Morgan fingerprint density at radius 3 is 2.35 bits per heavy atom. The molecule has 0 bridgehead atoms. The lowest BCUT2D eigenvalue weighted by atomic mass is 10.0. The maximum atomic E-state index is 13.8. The molecule has 0 heterocycles. The lowest BCUT2D eigenvalue weighted by Crippen LogP contribution is -2.52. The molecule has 0 saturated heterocycles. The molecule has 3 N–H and O–H groups in total. The summed E-state index contributed by atoms with van der Waals surface area (Å²) in [5, 5.41) is 14.2. The van der Waals surface area contributed by atoms with Gasteiger partial charge in [-0.05, 0) is 18.1 Å². The maximum absolute atomic E-state index is 13.8. The summed E-state index contributed by atoms with van der Waals surface area (Å²) < 4.78 is 13.8. The molecule has 6 nitrogen and oxygen atoms in total. The van der Waals surface area contributed by atoms with E-state index in [1.165, 1.54) is 25.1 Å². The Balaban J connectivity index is 2.78. The first kappa shape index (κ1) is 21.6. The van der Waals surface area contributed by atoms with E-state index in [4.69, 9.17) is 0 Å². The molecule has 0 aromatic heterocycles. The molecule has 26 heavy (non-hydrogen) atoms. The molecule has 0 aliphatic heterocycles. The fraction of sp³-hybridized carbons (Fsp3) is 0.526. The standard InChI is InChI=1S/C19H27FN2O4/c1-3-4-5-6-11-16(19(25)26)22-18(24)17(21-13(2)23)12-14-9-7-8-10-15(14)20/h7-10,16-17H,3-6,11-12H2,1-2H3,(H,21,23)(H,22,24)(H,25,26)/t16-,17+/m0/s1. The van der Waals surface area contributed by atoms with Crippen LogP contribution in [0.1, 0.15) is 51.5 Å². The van der Waals surface area contributed by atoms with E-state index < -0.39 is 35.7 Å². The van der Waals surface area contributed by atoms with Crippen molar-refractivity contribution in [1.29, 1.82) is 0 Å². The number of rotatable bonds is 11. The molecule has 1 aromatic carbocycles. The van der Waals surface area contributed by atoms with Crippen LogP contribution in [0.15, 0.2) is 24.3 Å². The minimum Gasteiger partial charge on any atom is -0.480 e. The predicted molar refractivity (Wildman–Crippen MR) is 96.0 cm³/mol. The molecule has 0 spiro atoms. The molecule has 0 saturated carbocycles. The van der Waals surface area contributed by atoms with Crippen LogP contribution in [-0.4, -0.2) is 35.0 Å². The summed E-state index contributed by atoms with van der Waals surface area (Å²) in [6, 6.07) is 3.89. The van der Waals surface area contributed by atoms with Crippen molar-refractivity contribution in [3.63, 3.8) is 0 Å². The zero-order valence-corrected chi connectivity index (χ0v) is 15.3. The molecule has 7 heteroatoms. The Morgan fingerprint density at radius 2 is 1.77 bits per heavy atom. The third kappa shape index (κ3) is 7.63. The van der Waals surface area contributed by atoms with Gasteiger partial charge in [-0.2, -0.15) is 0 Å². The van der Waals surface area contributed by atoms with Gasteiger partial charge in [0.05, 0.1) is 0 Å². The Bertz CT molecular complexity index is 621. The van der Waals surface area contributed by atoms with Crippen LogP contribution in [0.25, 0.3) is 0 Å². The van der Waals surface area contributed by atoms with Crippen LogP contribution in [0.5, 0.6) is 0 Å². The van der Waals surface area contributed by atoms with Crippen molar-refractivity contribution in [3.8, 4) is 0 Å². The van der Waals surface area contributed by atoms with Gasteiger partial charge in [0.15, 0.2) is 0 Å². The van der Waals surface area contributed by atoms with Gasteiger partial charge >= 0.3 is 5.97 Å². The first-order valence-corrected chi connectivity index (χ1v) is 8.88. The fourth-order valence-electron chi connectivity index (χ4n) is 2.64. The molecule has 0 aliphatic carbocycles. The highest BCUT2D eigenvalue weighted by molar-refractivity contribution is 5.90. The van der Waals surface area contributed by atoms with Gasteiger partial charge in [0.2, 0.25) is 11.8 Å². The van der Waals surface area contributed by atoms with Crippen molar-refractivity contribution < 1.29 is 23.9 Å². The van der Waals surface area contributed by atoms with Crippen LogP contribution >= 0.6 is 0 Å². The number of hydrogen-bond donors (Lipinski definition) is 3. The molecule has 1 aromatic rings. The lowest BCUT2D eigenvalue weighted by Gasteiger charge is -2.21. The number of halogens is 1. The topological polar surface area (TPSA) is 95.5 Å². The summed E-state index contributed by atoms with van der Waals surface area (Å²) in [5.74, 6) is -2.69. The summed E-state index contributed by atoms with van der Waals surface area (Å²) in [4.78, 5) is 35.3. The molecule has 0 aliphatic rings. The summed E-state index contributed by atoms with van der Waals surface area (Å²) in [6.07, 6.45) is 3.86. The summed E-state index contributed by atoms with van der Waals surface area (Å²) >= 11 is 0. The summed E-state index contributed by atoms with van der Waals surface area (Å²) in [6.45, 7) is 3.30. The summed E-state index contributed by atoms with van der Waals surface area (Å²) in [7, 11) is 0. The zero-order chi connectivity index (χ0) is 19.5. The number of carbonyl (C=O) groups excluding carboxylic acids is 2. The highest BCUT2D eigenvalue weighted by Crippen LogP contribution is 2.11. The highest BCUT2D eigenvalue weighted by Gasteiger charge is 2.26. The predicted octanol–water partition coefficient (Wildman–Crippen LogP) is 2.41. The van der Waals surface area contributed by atoms with Crippen molar-refractivity contribution in [2.45, 2.75) is 64.5 Å². The molecular formula is C19H27FN2O4. The quantitative estimate of drug-likeness (QED) is 0.524. The number of hydrogen-bond acceptors (Lipinski definition) is 3. The van der Waals surface area contributed by atoms with E-state index in [0.29, 0.717) is 12.8 Å². The second-order valence-electron chi connectivity index (χ2n) is 6.30. The van der Waals surface area contributed by atoms with Gasteiger partial charge < -0.3 is 15.7 Å². The first-order chi connectivity index (χ1) is 12.3.